The number of aromatic nitrogens is 2. The lowest BCUT2D eigenvalue weighted by molar-refractivity contribution is -0.137. The number of sulfonamides is 1. The molecule has 3 fully saturated rings. The molecular formula is C28H39F4N7O2S. The Balaban J connectivity index is 1.32. The SMILES string of the molecule is CN1C(C)(C)CC(Nc2nc(Nc3ccc(N4CCN(S(=O)(=O)C5CC5)CC4)c(C(F)(F)F)c3)ncc2F)CC1(C)C. The molecule has 14 heteroatoms. The zero-order valence-electron chi connectivity index (χ0n) is 24.6. The Morgan fingerprint density at radius 3 is 2.19 bits per heavy atom. The largest absolute Gasteiger partial charge is 0.418 e. The van der Waals surface area contributed by atoms with E-state index in [2.05, 4.69) is 60.2 Å². The van der Waals surface area contributed by atoms with Crippen LogP contribution < -0.4 is 15.5 Å². The Bertz CT molecular complexity index is 1400. The molecule has 0 unspecified atom stereocenters. The summed E-state index contributed by atoms with van der Waals surface area (Å²) in [6.45, 7) is 9.11. The van der Waals surface area contributed by atoms with Crippen molar-refractivity contribution >= 4 is 33.2 Å². The average molecular weight is 614 g/mol. The highest BCUT2D eigenvalue weighted by Crippen LogP contribution is 2.40. The summed E-state index contributed by atoms with van der Waals surface area (Å²) in [6, 6.07) is 3.76. The molecule has 2 aliphatic heterocycles. The number of nitrogens with zero attached hydrogens (tertiary/aromatic N) is 5. The summed E-state index contributed by atoms with van der Waals surface area (Å²) >= 11 is 0. The summed E-state index contributed by atoms with van der Waals surface area (Å²) in [6.07, 6.45) is -0.893. The van der Waals surface area contributed by atoms with E-state index >= 15 is 0 Å². The molecule has 0 spiro atoms. The van der Waals surface area contributed by atoms with Crippen LogP contribution in [0.1, 0.15) is 58.9 Å². The predicted molar refractivity (Wildman–Crippen MR) is 155 cm³/mol. The van der Waals surface area contributed by atoms with E-state index in [0.29, 0.717) is 12.8 Å². The summed E-state index contributed by atoms with van der Waals surface area (Å²) in [5, 5.41) is 5.63. The van der Waals surface area contributed by atoms with Crippen LogP contribution in [0.25, 0.3) is 0 Å². The van der Waals surface area contributed by atoms with Crippen molar-refractivity contribution in [2.24, 2.45) is 0 Å². The van der Waals surface area contributed by atoms with Gasteiger partial charge in [0, 0.05) is 54.7 Å². The number of hydrogen-bond donors (Lipinski definition) is 2. The fraction of sp³-hybridized carbons (Fsp3) is 0.643. The topological polar surface area (TPSA) is 93.7 Å². The smallest absolute Gasteiger partial charge is 0.368 e. The molecule has 0 atom stereocenters. The summed E-state index contributed by atoms with van der Waals surface area (Å²) in [4.78, 5) is 12.1. The molecule has 0 bridgehead atoms. The maximum absolute atomic E-state index is 14.7. The van der Waals surface area contributed by atoms with E-state index < -0.39 is 27.6 Å². The molecular weight excluding hydrogens is 574 g/mol. The fourth-order valence-electron chi connectivity index (χ4n) is 6.20. The Hall–Kier alpha value is -2.71. The first-order valence-corrected chi connectivity index (χ1v) is 15.7. The number of alkyl halides is 3. The van der Waals surface area contributed by atoms with Crippen LogP contribution in [0.5, 0.6) is 0 Å². The standard InChI is InChI=1S/C28H39F4N7O2S/c1-26(2)15-19(16-27(3,4)37(26)5)34-24-22(29)17-33-25(36-24)35-18-6-9-23(21(14-18)28(30,31)32)38-10-12-39(13-11-38)42(40,41)20-7-8-20/h6,9,14,17,19-20H,7-8,10-13,15-16H2,1-5H3,(H2,33,34,35,36). The van der Waals surface area contributed by atoms with E-state index in [9.17, 15) is 26.0 Å². The van der Waals surface area contributed by atoms with Crippen LogP contribution in [0.2, 0.25) is 0 Å². The lowest BCUT2D eigenvalue weighted by atomic mass is 9.77. The Morgan fingerprint density at radius 1 is 1.00 bits per heavy atom. The van der Waals surface area contributed by atoms with Gasteiger partial charge in [0.05, 0.1) is 17.0 Å². The third-order valence-electron chi connectivity index (χ3n) is 8.84. The molecule has 3 aliphatic rings. The van der Waals surface area contributed by atoms with Gasteiger partial charge < -0.3 is 15.5 Å². The van der Waals surface area contributed by atoms with Crippen LogP contribution in [0.3, 0.4) is 0 Å². The zero-order valence-corrected chi connectivity index (χ0v) is 25.4. The Morgan fingerprint density at radius 2 is 1.62 bits per heavy atom. The van der Waals surface area contributed by atoms with Crippen LogP contribution in [0.15, 0.2) is 24.4 Å². The minimum atomic E-state index is -4.66. The average Bonchev–Trinajstić information content (AvgIpc) is 3.75. The molecule has 2 N–H and O–H groups in total. The minimum absolute atomic E-state index is 0.0136. The number of piperidine rings is 1. The number of rotatable bonds is 7. The number of likely N-dealkylation sites (tertiary alicyclic amines) is 1. The summed E-state index contributed by atoms with van der Waals surface area (Å²) in [5.74, 6) is -0.699. The number of hydrogen-bond acceptors (Lipinski definition) is 8. The molecule has 1 aromatic carbocycles. The molecule has 0 radical (unpaired) electrons. The second kappa shape index (κ2) is 10.8. The zero-order chi connectivity index (χ0) is 30.7. The van der Waals surface area contributed by atoms with Crippen molar-refractivity contribution in [3.63, 3.8) is 0 Å². The highest BCUT2D eigenvalue weighted by molar-refractivity contribution is 7.90. The fourth-order valence-corrected chi connectivity index (χ4v) is 8.03. The minimum Gasteiger partial charge on any atom is -0.368 e. The van der Waals surface area contributed by atoms with E-state index in [4.69, 9.17) is 0 Å². The molecule has 1 saturated carbocycles. The van der Waals surface area contributed by atoms with Crippen molar-refractivity contribution in [1.82, 2.24) is 19.2 Å². The Labute approximate surface area is 244 Å². The van der Waals surface area contributed by atoms with Crippen molar-refractivity contribution < 1.29 is 26.0 Å². The lowest BCUT2D eigenvalue weighted by Gasteiger charge is -2.53. The summed E-state index contributed by atoms with van der Waals surface area (Å²) in [5.41, 5.74) is -1.07. The highest BCUT2D eigenvalue weighted by atomic mass is 32.2. The van der Waals surface area contributed by atoms with Crippen molar-refractivity contribution in [2.75, 3.05) is 48.8 Å². The van der Waals surface area contributed by atoms with Gasteiger partial charge in [0.1, 0.15) is 0 Å². The highest BCUT2D eigenvalue weighted by Gasteiger charge is 2.44. The van der Waals surface area contributed by atoms with Crippen LogP contribution >= 0.6 is 0 Å². The van der Waals surface area contributed by atoms with E-state index in [1.165, 1.54) is 16.4 Å². The molecule has 0 amide bonds. The summed E-state index contributed by atoms with van der Waals surface area (Å²) < 4.78 is 83.7. The first kappa shape index (κ1) is 30.7. The monoisotopic (exact) mass is 613 g/mol. The van der Waals surface area contributed by atoms with Gasteiger partial charge in [-0.2, -0.15) is 22.5 Å². The molecule has 42 heavy (non-hydrogen) atoms. The Kier molecular flexibility index (Phi) is 7.89. The second-order valence-corrected chi connectivity index (χ2v) is 15.0. The van der Waals surface area contributed by atoms with E-state index in [0.717, 1.165) is 25.1 Å². The van der Waals surface area contributed by atoms with Crippen molar-refractivity contribution in [3.05, 3.63) is 35.8 Å². The van der Waals surface area contributed by atoms with E-state index in [1.807, 2.05) is 0 Å². The van der Waals surface area contributed by atoms with Crippen molar-refractivity contribution in [2.45, 2.75) is 81.9 Å². The van der Waals surface area contributed by atoms with Gasteiger partial charge in [-0.05, 0) is 78.6 Å². The number of benzene rings is 1. The van der Waals surface area contributed by atoms with Gasteiger partial charge in [-0.3, -0.25) is 4.90 Å². The molecule has 9 nitrogen and oxygen atoms in total. The third kappa shape index (κ3) is 6.30. The van der Waals surface area contributed by atoms with Gasteiger partial charge in [-0.1, -0.05) is 0 Å². The number of piperazine rings is 1. The van der Waals surface area contributed by atoms with Crippen LogP contribution in [-0.2, 0) is 16.2 Å². The van der Waals surface area contributed by atoms with Gasteiger partial charge >= 0.3 is 6.18 Å². The number of halogens is 4. The predicted octanol–water partition coefficient (Wildman–Crippen LogP) is 5.06. The third-order valence-corrected chi connectivity index (χ3v) is 11.2. The second-order valence-electron chi connectivity index (χ2n) is 12.8. The number of anilines is 4. The van der Waals surface area contributed by atoms with Gasteiger partial charge in [0.25, 0.3) is 0 Å². The van der Waals surface area contributed by atoms with Crippen molar-refractivity contribution in [1.29, 1.82) is 0 Å². The molecule has 1 aliphatic carbocycles. The van der Waals surface area contributed by atoms with Crippen LogP contribution in [0, 0.1) is 5.82 Å². The quantitative estimate of drug-likeness (QED) is 0.419. The van der Waals surface area contributed by atoms with Gasteiger partial charge in [-0.25, -0.2) is 17.8 Å². The molecule has 232 valence electrons. The molecule has 5 rings (SSSR count). The van der Waals surface area contributed by atoms with Crippen LogP contribution in [0.4, 0.5) is 40.7 Å². The van der Waals surface area contributed by atoms with E-state index in [1.54, 1.807) is 4.90 Å². The molecule has 2 aromatic rings. The molecule has 3 heterocycles. The first-order chi connectivity index (χ1) is 19.5. The molecule has 1 aromatic heterocycles. The van der Waals surface area contributed by atoms with Crippen LogP contribution in [-0.4, -0.2) is 83.2 Å². The van der Waals surface area contributed by atoms with Gasteiger partial charge in [-0.15, -0.1) is 0 Å². The van der Waals surface area contributed by atoms with Gasteiger partial charge in [0.15, 0.2) is 11.6 Å². The maximum Gasteiger partial charge on any atom is 0.418 e. The summed E-state index contributed by atoms with van der Waals surface area (Å²) in [7, 11) is -1.31. The lowest BCUT2D eigenvalue weighted by Crippen LogP contribution is -2.61. The van der Waals surface area contributed by atoms with Crippen molar-refractivity contribution in [3.8, 4) is 0 Å². The molecule has 2 saturated heterocycles. The first-order valence-electron chi connectivity index (χ1n) is 14.2. The maximum atomic E-state index is 14.7. The van der Waals surface area contributed by atoms with Gasteiger partial charge in [0.2, 0.25) is 16.0 Å². The number of nitrogens with one attached hydrogen (secondary N) is 2. The normalized spacial score (nSPS) is 22.3. The van der Waals surface area contributed by atoms with E-state index in [-0.39, 0.29) is 71.7 Å².